The molecule has 0 aliphatic rings. The van der Waals surface area contributed by atoms with Gasteiger partial charge in [-0.3, -0.25) is 4.74 Å². The largest absolute Gasteiger partial charge is 0.462 e. The first-order valence-electron chi connectivity index (χ1n) is 6.90. The van der Waals surface area contributed by atoms with E-state index < -0.39 is 48.9 Å². The number of carbonyl (C=O) groups is 1. The van der Waals surface area contributed by atoms with Crippen LogP contribution in [0, 0.1) is 0 Å². The molecule has 0 heterocycles. The van der Waals surface area contributed by atoms with Gasteiger partial charge in [0.1, 0.15) is 6.61 Å². The normalized spacial score (nSPS) is 17.4. The molecule has 162 valence electrons. The molecule has 0 bridgehead atoms. The molecule has 0 aromatic rings. The number of rotatable bonds is 9. The highest BCUT2D eigenvalue weighted by molar-refractivity contribution is 5.78. The molecular formula is C12H13F11O4. The van der Waals surface area contributed by atoms with Crippen LogP contribution in [0.4, 0.5) is 48.3 Å². The summed E-state index contributed by atoms with van der Waals surface area (Å²) >= 11 is 0. The zero-order valence-corrected chi connectivity index (χ0v) is 13.5. The molecule has 0 aromatic heterocycles. The van der Waals surface area contributed by atoms with Crippen molar-refractivity contribution in [1.29, 1.82) is 0 Å². The number of halogens is 11. The third-order valence-electron chi connectivity index (χ3n) is 2.67. The summed E-state index contributed by atoms with van der Waals surface area (Å²) < 4.78 is 149. The fourth-order valence-corrected chi connectivity index (χ4v) is 1.27. The van der Waals surface area contributed by atoms with Crippen molar-refractivity contribution in [2.75, 3.05) is 13.2 Å². The van der Waals surface area contributed by atoms with Crippen LogP contribution in [0.2, 0.25) is 0 Å². The maximum absolute atomic E-state index is 13.8. The van der Waals surface area contributed by atoms with Crippen LogP contribution in [0.25, 0.3) is 0 Å². The summed E-state index contributed by atoms with van der Waals surface area (Å²) in [6.45, 7) is 1.55. The lowest BCUT2D eigenvalue weighted by Gasteiger charge is -2.33. The Hall–Kier alpha value is -1.38. The Bertz CT molecular complexity index is 503. The monoisotopic (exact) mass is 430 g/mol. The summed E-state index contributed by atoms with van der Waals surface area (Å²) in [6, 6.07) is 0. The highest BCUT2D eigenvalue weighted by Gasteiger charge is 2.80. The van der Waals surface area contributed by atoms with Gasteiger partial charge in [-0.05, 0) is 13.3 Å². The lowest BCUT2D eigenvalue weighted by molar-refractivity contribution is -0.475. The average Bonchev–Trinajstić information content (AvgIpc) is 2.47. The predicted molar refractivity (Wildman–Crippen MR) is 63.6 cm³/mol. The molecule has 0 rings (SSSR count). The number of ether oxygens (including phenoxy) is 3. The molecule has 0 aliphatic carbocycles. The summed E-state index contributed by atoms with van der Waals surface area (Å²) in [6.07, 6.45) is -21.8. The van der Waals surface area contributed by atoms with Crippen molar-refractivity contribution in [2.45, 2.75) is 56.6 Å². The summed E-state index contributed by atoms with van der Waals surface area (Å²) in [5, 5.41) is 0. The van der Waals surface area contributed by atoms with E-state index in [1.807, 2.05) is 4.74 Å². The highest BCUT2D eigenvalue weighted by atomic mass is 19.4. The van der Waals surface area contributed by atoms with E-state index in [0.29, 0.717) is 6.42 Å². The minimum atomic E-state index is -7.25. The van der Waals surface area contributed by atoms with Crippen molar-refractivity contribution in [3.63, 3.8) is 0 Å². The van der Waals surface area contributed by atoms with Gasteiger partial charge in [0.15, 0.2) is 0 Å². The fraction of sp³-hybridized carbons (Fsp3) is 0.917. The van der Waals surface area contributed by atoms with Gasteiger partial charge in [-0.1, -0.05) is 6.92 Å². The summed E-state index contributed by atoms with van der Waals surface area (Å²) in [5.41, 5.74) is 0. The van der Waals surface area contributed by atoms with Gasteiger partial charge in [0, 0.05) is 6.61 Å². The van der Waals surface area contributed by atoms with Crippen LogP contribution in [-0.4, -0.2) is 55.5 Å². The van der Waals surface area contributed by atoms with E-state index in [2.05, 4.69) is 4.74 Å². The Balaban J connectivity index is 5.57. The van der Waals surface area contributed by atoms with Gasteiger partial charge in [0.05, 0.1) is 6.10 Å². The van der Waals surface area contributed by atoms with Crippen LogP contribution < -0.4 is 0 Å². The zero-order valence-electron chi connectivity index (χ0n) is 13.5. The molecule has 2 unspecified atom stereocenters. The fourth-order valence-electron chi connectivity index (χ4n) is 1.27. The molecule has 15 heteroatoms. The van der Waals surface area contributed by atoms with Crippen LogP contribution in [0.15, 0.2) is 0 Å². The molecule has 0 aromatic carbocycles. The third kappa shape index (κ3) is 5.80. The second-order valence-corrected chi connectivity index (χ2v) is 5.06. The van der Waals surface area contributed by atoms with Crippen LogP contribution in [0.3, 0.4) is 0 Å². The number of hydrogen-bond acceptors (Lipinski definition) is 4. The standard InChI is InChI=1S/C12H13F11O4/c1-3-4-25-6(2)5-26-7(24)8(13,10(16,17)18)27-12(22,23)9(14,15)11(19,20)21/h6H,3-5H2,1-2H3. The Morgan fingerprint density at radius 3 is 1.74 bits per heavy atom. The molecule has 0 amide bonds. The van der Waals surface area contributed by atoms with Crippen LogP contribution in [0.5, 0.6) is 0 Å². The molecule has 0 saturated heterocycles. The van der Waals surface area contributed by atoms with Crippen LogP contribution in [0.1, 0.15) is 20.3 Å². The number of carbonyl (C=O) groups excluding carboxylic acids is 1. The topological polar surface area (TPSA) is 44.8 Å². The van der Waals surface area contributed by atoms with Crippen molar-refractivity contribution in [1.82, 2.24) is 0 Å². The van der Waals surface area contributed by atoms with Gasteiger partial charge in [-0.25, -0.2) is 4.79 Å². The van der Waals surface area contributed by atoms with Gasteiger partial charge in [-0.15, -0.1) is 0 Å². The molecule has 0 fully saturated rings. The first-order chi connectivity index (χ1) is 11.8. The molecule has 2 atom stereocenters. The summed E-state index contributed by atoms with van der Waals surface area (Å²) in [5.74, 6) is -16.9. The summed E-state index contributed by atoms with van der Waals surface area (Å²) in [4.78, 5) is 11.2. The van der Waals surface area contributed by atoms with Crippen molar-refractivity contribution in [2.24, 2.45) is 0 Å². The van der Waals surface area contributed by atoms with Crippen molar-refractivity contribution in [3.05, 3.63) is 0 Å². The molecule has 0 spiro atoms. The molecular weight excluding hydrogens is 417 g/mol. The number of hydrogen-bond donors (Lipinski definition) is 0. The van der Waals surface area contributed by atoms with Gasteiger partial charge < -0.3 is 9.47 Å². The van der Waals surface area contributed by atoms with E-state index in [-0.39, 0.29) is 6.61 Å². The first kappa shape index (κ1) is 25.6. The average molecular weight is 430 g/mol. The van der Waals surface area contributed by atoms with Gasteiger partial charge in [-0.2, -0.15) is 48.3 Å². The second-order valence-electron chi connectivity index (χ2n) is 5.06. The molecule has 0 aliphatic heterocycles. The number of alkyl halides is 11. The lowest BCUT2D eigenvalue weighted by atomic mass is 10.2. The molecule has 27 heavy (non-hydrogen) atoms. The first-order valence-corrected chi connectivity index (χ1v) is 6.90. The lowest BCUT2D eigenvalue weighted by Crippen LogP contribution is -2.62. The Morgan fingerprint density at radius 1 is 0.889 bits per heavy atom. The maximum atomic E-state index is 13.8. The van der Waals surface area contributed by atoms with Gasteiger partial charge in [0.2, 0.25) is 0 Å². The molecule has 0 N–H and O–H groups in total. The quantitative estimate of drug-likeness (QED) is 0.403. The molecule has 0 radical (unpaired) electrons. The minimum absolute atomic E-state index is 0.00509. The molecule has 0 saturated carbocycles. The second kappa shape index (κ2) is 8.32. The Kier molecular flexibility index (Phi) is 7.90. The van der Waals surface area contributed by atoms with Crippen molar-refractivity contribution < 1.29 is 67.3 Å². The maximum Gasteiger partial charge on any atom is 0.462 e. The predicted octanol–water partition coefficient (Wildman–Crippen LogP) is 4.38. The minimum Gasteiger partial charge on any atom is -0.458 e. The van der Waals surface area contributed by atoms with E-state index in [0.717, 1.165) is 6.92 Å². The highest BCUT2D eigenvalue weighted by Crippen LogP contribution is 2.51. The SMILES string of the molecule is CCCOC(C)COC(=O)C(F)(OC(F)(F)C(F)(F)C(F)(F)F)C(F)(F)F. The van der Waals surface area contributed by atoms with E-state index in [1.165, 1.54) is 0 Å². The van der Waals surface area contributed by atoms with Crippen molar-refractivity contribution >= 4 is 5.97 Å². The van der Waals surface area contributed by atoms with Crippen molar-refractivity contribution in [3.8, 4) is 0 Å². The smallest absolute Gasteiger partial charge is 0.458 e. The van der Waals surface area contributed by atoms with Crippen LogP contribution >= 0.6 is 0 Å². The Labute approximate surface area is 144 Å². The van der Waals surface area contributed by atoms with E-state index >= 15 is 0 Å². The van der Waals surface area contributed by atoms with E-state index in [4.69, 9.17) is 4.74 Å². The third-order valence-corrected chi connectivity index (χ3v) is 2.67. The number of esters is 1. The van der Waals surface area contributed by atoms with Gasteiger partial charge in [0.25, 0.3) is 0 Å². The van der Waals surface area contributed by atoms with Gasteiger partial charge >= 0.3 is 36.2 Å². The Morgan fingerprint density at radius 2 is 1.37 bits per heavy atom. The van der Waals surface area contributed by atoms with E-state index in [9.17, 15) is 53.1 Å². The molecule has 4 nitrogen and oxygen atoms in total. The van der Waals surface area contributed by atoms with Crippen LogP contribution in [-0.2, 0) is 19.0 Å². The summed E-state index contributed by atoms with van der Waals surface area (Å²) in [7, 11) is 0. The van der Waals surface area contributed by atoms with E-state index in [1.54, 1.807) is 6.92 Å². The zero-order chi connectivity index (χ0) is 21.9.